The molecule has 0 fully saturated rings. The number of nitrogens with zero attached hydrogens (tertiary/aromatic N) is 2. The Kier molecular flexibility index (Phi) is 3.03. The van der Waals surface area contributed by atoms with Crippen LogP contribution in [-0.4, -0.2) is 9.91 Å². The summed E-state index contributed by atoms with van der Waals surface area (Å²) in [4.78, 5) is 13.0. The third kappa shape index (κ3) is 2.19. The summed E-state index contributed by atoms with van der Waals surface area (Å²) in [6.07, 6.45) is -2.83. The van der Waals surface area contributed by atoms with Gasteiger partial charge >= 0.3 is 0 Å². The van der Waals surface area contributed by atoms with Gasteiger partial charge in [-0.15, -0.1) is 0 Å². The van der Waals surface area contributed by atoms with Gasteiger partial charge in [0.05, 0.1) is 10.6 Å². The second kappa shape index (κ2) is 4.05. The molecule has 1 aromatic heterocycles. The summed E-state index contributed by atoms with van der Waals surface area (Å²) in [5.74, 6) is 0. The van der Waals surface area contributed by atoms with E-state index in [-0.39, 0.29) is 12.2 Å². The van der Waals surface area contributed by atoms with Gasteiger partial charge in [0.15, 0.2) is 0 Å². The number of nitrogens with two attached hydrogens (primary N) is 1. The Morgan fingerprint density at radius 3 is 2.64 bits per heavy atom. The Morgan fingerprint density at radius 1 is 1.57 bits per heavy atom. The first-order valence-corrected chi connectivity index (χ1v) is 3.68. The maximum absolute atomic E-state index is 12.2. The maximum Gasteiger partial charge on any atom is 0.280 e. The molecule has 76 valence electrons. The monoisotopic (exact) mass is 203 g/mol. The van der Waals surface area contributed by atoms with E-state index in [1.165, 1.54) is 0 Å². The average molecular weight is 203 g/mol. The molecule has 14 heavy (non-hydrogen) atoms. The predicted octanol–water partition coefficient (Wildman–Crippen LogP) is 1.39. The fourth-order valence-corrected chi connectivity index (χ4v) is 0.916. The summed E-state index contributed by atoms with van der Waals surface area (Å²) < 4.78 is 24.4. The number of pyridine rings is 1. The first-order valence-electron chi connectivity index (χ1n) is 3.68. The average Bonchev–Trinajstić information content (AvgIpc) is 2.16. The lowest BCUT2D eigenvalue weighted by molar-refractivity contribution is -0.385. The van der Waals surface area contributed by atoms with E-state index < -0.39 is 22.7 Å². The molecule has 1 heterocycles. The van der Waals surface area contributed by atoms with E-state index in [9.17, 15) is 18.9 Å². The molecule has 0 bridgehead atoms. The van der Waals surface area contributed by atoms with Gasteiger partial charge in [0.2, 0.25) is 0 Å². The molecule has 0 unspecified atom stereocenters. The molecule has 7 heteroatoms. The summed E-state index contributed by atoms with van der Waals surface area (Å²) in [5.41, 5.74) is 4.19. The second-order valence-corrected chi connectivity index (χ2v) is 2.50. The molecule has 0 radical (unpaired) electrons. The van der Waals surface area contributed by atoms with E-state index >= 15 is 0 Å². The smallest absolute Gasteiger partial charge is 0.280 e. The van der Waals surface area contributed by atoms with Gasteiger partial charge in [-0.25, -0.2) is 13.8 Å². The van der Waals surface area contributed by atoms with Gasteiger partial charge in [0, 0.05) is 18.7 Å². The van der Waals surface area contributed by atoms with Crippen LogP contribution < -0.4 is 5.73 Å². The summed E-state index contributed by atoms with van der Waals surface area (Å²) in [5, 5.41) is 10.3. The van der Waals surface area contributed by atoms with Crippen LogP contribution in [0.3, 0.4) is 0 Å². The van der Waals surface area contributed by atoms with E-state index in [2.05, 4.69) is 4.98 Å². The van der Waals surface area contributed by atoms with Gasteiger partial charge in [0.1, 0.15) is 5.69 Å². The minimum atomic E-state index is -2.83. The number of aromatic nitrogens is 1. The van der Waals surface area contributed by atoms with E-state index in [1.54, 1.807) is 0 Å². The molecule has 0 aliphatic carbocycles. The van der Waals surface area contributed by atoms with Gasteiger partial charge in [-0.1, -0.05) is 0 Å². The van der Waals surface area contributed by atoms with E-state index in [1.807, 2.05) is 0 Å². The van der Waals surface area contributed by atoms with Crippen LogP contribution in [0.1, 0.15) is 17.8 Å². The lowest BCUT2D eigenvalue weighted by atomic mass is 10.2. The molecule has 0 spiro atoms. The van der Waals surface area contributed by atoms with Crippen molar-refractivity contribution in [3.63, 3.8) is 0 Å². The number of rotatable bonds is 3. The molecule has 0 saturated carbocycles. The summed E-state index contributed by atoms with van der Waals surface area (Å²) >= 11 is 0. The number of nitro groups is 1. The third-order valence-electron chi connectivity index (χ3n) is 1.53. The van der Waals surface area contributed by atoms with Crippen molar-refractivity contribution in [1.29, 1.82) is 0 Å². The molecular weight excluding hydrogens is 196 g/mol. The van der Waals surface area contributed by atoms with Crippen LogP contribution in [-0.2, 0) is 6.54 Å². The van der Waals surface area contributed by atoms with Crippen molar-refractivity contribution < 1.29 is 13.7 Å². The summed E-state index contributed by atoms with van der Waals surface area (Å²) in [6.45, 7) is -0.110. The zero-order chi connectivity index (χ0) is 10.7. The third-order valence-corrected chi connectivity index (χ3v) is 1.53. The first kappa shape index (κ1) is 10.5. The van der Waals surface area contributed by atoms with Crippen molar-refractivity contribution in [1.82, 2.24) is 4.98 Å². The molecule has 0 aliphatic rings. The van der Waals surface area contributed by atoms with Gasteiger partial charge in [0.25, 0.3) is 12.1 Å². The van der Waals surface area contributed by atoms with Crippen LogP contribution in [0.25, 0.3) is 0 Å². The highest BCUT2D eigenvalue weighted by atomic mass is 19.3. The van der Waals surface area contributed by atoms with Crippen molar-refractivity contribution in [3.05, 3.63) is 33.6 Å². The fraction of sp³-hybridized carbons (Fsp3) is 0.286. The minimum absolute atomic E-state index is 0.0782. The normalized spacial score (nSPS) is 10.6. The van der Waals surface area contributed by atoms with Crippen LogP contribution in [0.5, 0.6) is 0 Å². The highest BCUT2D eigenvalue weighted by Crippen LogP contribution is 2.22. The lowest BCUT2D eigenvalue weighted by Crippen LogP contribution is -2.04. The van der Waals surface area contributed by atoms with Crippen molar-refractivity contribution >= 4 is 5.69 Å². The molecule has 5 nitrogen and oxygen atoms in total. The number of alkyl halides is 2. The van der Waals surface area contributed by atoms with E-state index in [4.69, 9.17) is 5.73 Å². The highest BCUT2D eigenvalue weighted by molar-refractivity contribution is 5.33. The number of hydrogen-bond acceptors (Lipinski definition) is 4. The van der Waals surface area contributed by atoms with Gasteiger partial charge in [-0.05, 0) is 0 Å². The molecule has 0 saturated heterocycles. The van der Waals surface area contributed by atoms with Crippen LogP contribution in [0.15, 0.2) is 12.1 Å². The van der Waals surface area contributed by atoms with Crippen LogP contribution >= 0.6 is 0 Å². The van der Waals surface area contributed by atoms with Crippen molar-refractivity contribution in [2.75, 3.05) is 0 Å². The molecule has 0 aromatic carbocycles. The minimum Gasteiger partial charge on any atom is -0.325 e. The Hall–Kier alpha value is -1.63. The summed E-state index contributed by atoms with van der Waals surface area (Å²) in [7, 11) is 0. The zero-order valence-corrected chi connectivity index (χ0v) is 6.98. The number of halogens is 2. The Morgan fingerprint density at radius 2 is 2.21 bits per heavy atom. The molecule has 1 rings (SSSR count). The molecule has 2 N–H and O–H groups in total. The van der Waals surface area contributed by atoms with Crippen LogP contribution in [0.4, 0.5) is 14.5 Å². The SMILES string of the molecule is NCc1cc([N+](=O)[O-])cc(C(F)F)n1. The molecule has 0 amide bonds. The quantitative estimate of drug-likeness (QED) is 0.594. The first-order chi connectivity index (χ1) is 6.54. The Bertz CT molecular complexity index is 357. The molecular formula is C7H7F2N3O2. The topological polar surface area (TPSA) is 82.0 Å². The largest absolute Gasteiger partial charge is 0.325 e. The van der Waals surface area contributed by atoms with Gasteiger partial charge in [-0.3, -0.25) is 10.1 Å². The number of hydrogen-bond donors (Lipinski definition) is 1. The predicted molar refractivity (Wildman–Crippen MR) is 43.7 cm³/mol. The lowest BCUT2D eigenvalue weighted by Gasteiger charge is -2.01. The molecule has 0 atom stereocenters. The Balaban J connectivity index is 3.20. The summed E-state index contributed by atoms with van der Waals surface area (Å²) in [6, 6.07) is 1.82. The standard InChI is InChI=1S/C7H7F2N3O2/c8-7(9)6-2-5(12(13)14)1-4(3-10)11-6/h1-2,7H,3,10H2. The zero-order valence-electron chi connectivity index (χ0n) is 6.98. The van der Waals surface area contributed by atoms with E-state index in [0.717, 1.165) is 12.1 Å². The maximum atomic E-state index is 12.2. The van der Waals surface area contributed by atoms with Crippen molar-refractivity contribution in [3.8, 4) is 0 Å². The molecule has 0 aliphatic heterocycles. The Labute approximate surface area is 77.7 Å². The van der Waals surface area contributed by atoms with Crippen LogP contribution in [0.2, 0.25) is 0 Å². The van der Waals surface area contributed by atoms with Crippen molar-refractivity contribution in [2.24, 2.45) is 5.73 Å². The van der Waals surface area contributed by atoms with Crippen LogP contribution in [0, 0.1) is 10.1 Å². The van der Waals surface area contributed by atoms with E-state index in [0.29, 0.717) is 0 Å². The van der Waals surface area contributed by atoms with Gasteiger partial charge < -0.3 is 5.73 Å². The fourth-order valence-electron chi connectivity index (χ4n) is 0.916. The molecule has 1 aromatic rings. The van der Waals surface area contributed by atoms with Crippen molar-refractivity contribution in [2.45, 2.75) is 13.0 Å². The highest BCUT2D eigenvalue weighted by Gasteiger charge is 2.16. The second-order valence-electron chi connectivity index (χ2n) is 2.50. The van der Waals surface area contributed by atoms with Gasteiger partial charge in [-0.2, -0.15) is 0 Å².